The Morgan fingerprint density at radius 2 is 2.35 bits per heavy atom. The summed E-state index contributed by atoms with van der Waals surface area (Å²) in [6.07, 6.45) is -1.02. The van der Waals surface area contributed by atoms with Gasteiger partial charge in [-0.25, -0.2) is 0 Å². The van der Waals surface area contributed by atoms with Crippen LogP contribution in [-0.2, 0) is 11.0 Å². The number of piperidine rings is 1. The van der Waals surface area contributed by atoms with Gasteiger partial charge in [0.2, 0.25) is 5.91 Å². The molecule has 1 aromatic heterocycles. The van der Waals surface area contributed by atoms with E-state index in [1.54, 1.807) is 4.90 Å². The molecule has 0 aliphatic carbocycles. The maximum Gasteiger partial charge on any atom is 0.435 e. The highest BCUT2D eigenvalue weighted by molar-refractivity contribution is 7.99. The lowest BCUT2D eigenvalue weighted by atomic mass is 9.94. The number of hydrogen-bond acceptors (Lipinski definition) is 3. The number of hydrogen-bond donors (Lipinski definition) is 1. The van der Waals surface area contributed by atoms with Gasteiger partial charge in [-0.15, -0.1) is 0 Å². The van der Waals surface area contributed by atoms with E-state index < -0.39 is 11.9 Å². The number of nitrogens with zero attached hydrogens (tertiary/aromatic N) is 2. The summed E-state index contributed by atoms with van der Waals surface area (Å²) < 4.78 is 37.6. The second-order valence-corrected chi connectivity index (χ2v) is 5.68. The summed E-state index contributed by atoms with van der Waals surface area (Å²) in [4.78, 5) is 13.6. The third-order valence-electron chi connectivity index (χ3n) is 3.37. The highest BCUT2D eigenvalue weighted by atomic mass is 32.2. The predicted octanol–water partition coefficient (Wildman–Crippen LogP) is 2.50. The first kappa shape index (κ1) is 15.2. The van der Waals surface area contributed by atoms with Gasteiger partial charge >= 0.3 is 6.18 Å². The third-order valence-corrected chi connectivity index (χ3v) is 3.91. The van der Waals surface area contributed by atoms with Crippen LogP contribution in [0.1, 0.15) is 30.1 Å². The number of aromatic nitrogens is 2. The zero-order valence-electron chi connectivity index (χ0n) is 11.0. The van der Waals surface area contributed by atoms with Gasteiger partial charge in [0.1, 0.15) is 0 Å². The molecular formula is C12H16F3N3OS. The Kier molecular flexibility index (Phi) is 4.62. The number of aromatic amines is 1. The van der Waals surface area contributed by atoms with Gasteiger partial charge in [-0.2, -0.15) is 30.0 Å². The third kappa shape index (κ3) is 3.47. The van der Waals surface area contributed by atoms with Gasteiger partial charge in [0, 0.05) is 24.7 Å². The summed E-state index contributed by atoms with van der Waals surface area (Å²) >= 11 is 1.45. The molecule has 0 aromatic carbocycles. The van der Waals surface area contributed by atoms with Crippen molar-refractivity contribution >= 4 is 17.7 Å². The first-order chi connectivity index (χ1) is 9.41. The summed E-state index contributed by atoms with van der Waals surface area (Å²) in [6, 6.07) is 1.05. The predicted molar refractivity (Wildman–Crippen MR) is 70.5 cm³/mol. The molecule has 1 aliphatic rings. The number of rotatable bonds is 3. The molecule has 1 saturated heterocycles. The lowest BCUT2D eigenvalue weighted by Crippen LogP contribution is -2.40. The molecule has 1 aliphatic heterocycles. The van der Waals surface area contributed by atoms with E-state index in [4.69, 9.17) is 0 Å². The molecule has 1 aromatic rings. The highest BCUT2D eigenvalue weighted by Crippen LogP contribution is 2.32. The van der Waals surface area contributed by atoms with Crippen molar-refractivity contribution in [1.29, 1.82) is 0 Å². The molecule has 112 valence electrons. The first-order valence-electron chi connectivity index (χ1n) is 6.31. The van der Waals surface area contributed by atoms with Crippen molar-refractivity contribution in [1.82, 2.24) is 15.1 Å². The smallest absolute Gasteiger partial charge is 0.341 e. The molecule has 8 heteroatoms. The summed E-state index contributed by atoms with van der Waals surface area (Å²) in [7, 11) is 0. The Balaban J connectivity index is 2.05. The van der Waals surface area contributed by atoms with Crippen LogP contribution < -0.4 is 0 Å². The fourth-order valence-electron chi connectivity index (χ4n) is 2.36. The van der Waals surface area contributed by atoms with Crippen LogP contribution in [0.5, 0.6) is 0 Å². The Hall–Kier alpha value is -1.18. The van der Waals surface area contributed by atoms with E-state index in [0.717, 1.165) is 18.9 Å². The molecular weight excluding hydrogens is 291 g/mol. The molecule has 0 radical (unpaired) electrons. The van der Waals surface area contributed by atoms with Crippen LogP contribution >= 0.6 is 11.8 Å². The van der Waals surface area contributed by atoms with Gasteiger partial charge in [-0.05, 0) is 25.2 Å². The number of likely N-dealkylation sites (tertiary alicyclic amines) is 1. The Bertz CT molecular complexity index is 475. The number of nitrogens with one attached hydrogen (secondary N) is 1. The Morgan fingerprint density at radius 1 is 1.60 bits per heavy atom. The highest BCUT2D eigenvalue weighted by Gasteiger charge is 2.35. The number of carbonyl (C=O) groups excluding carboxylic acids is 1. The van der Waals surface area contributed by atoms with Gasteiger partial charge in [0.05, 0.1) is 5.75 Å². The van der Waals surface area contributed by atoms with E-state index in [1.165, 1.54) is 11.8 Å². The van der Waals surface area contributed by atoms with Crippen LogP contribution in [0.4, 0.5) is 13.2 Å². The van der Waals surface area contributed by atoms with Gasteiger partial charge in [0.15, 0.2) is 5.69 Å². The fourth-order valence-corrected chi connectivity index (χ4v) is 2.79. The van der Waals surface area contributed by atoms with E-state index in [1.807, 2.05) is 6.26 Å². The van der Waals surface area contributed by atoms with Crippen molar-refractivity contribution in [3.05, 3.63) is 17.5 Å². The van der Waals surface area contributed by atoms with Crippen LogP contribution in [0.15, 0.2) is 6.07 Å². The lowest BCUT2D eigenvalue weighted by Gasteiger charge is -2.32. The van der Waals surface area contributed by atoms with Crippen LogP contribution in [0, 0.1) is 0 Å². The minimum absolute atomic E-state index is 0.0396. The standard InChI is InChI=1S/C12H16F3N3OS/c1-20-7-11(19)18-4-2-3-8(6-18)9-5-10(17-16-9)12(13,14)15/h5,8H,2-4,6-7H2,1H3,(H,16,17). The molecule has 20 heavy (non-hydrogen) atoms. The molecule has 1 atom stereocenters. The number of carbonyl (C=O) groups is 1. The van der Waals surface area contributed by atoms with E-state index in [2.05, 4.69) is 10.2 Å². The van der Waals surface area contributed by atoms with E-state index in [9.17, 15) is 18.0 Å². The summed E-state index contributed by atoms with van der Waals surface area (Å²) in [5.41, 5.74) is -0.445. The summed E-state index contributed by atoms with van der Waals surface area (Å²) in [5, 5.41) is 5.77. The van der Waals surface area contributed by atoms with Crippen molar-refractivity contribution in [2.45, 2.75) is 24.9 Å². The van der Waals surface area contributed by atoms with Crippen LogP contribution in [0.2, 0.25) is 0 Å². The molecule has 1 fully saturated rings. The van der Waals surface area contributed by atoms with Crippen molar-refractivity contribution in [3.8, 4) is 0 Å². The number of alkyl halides is 3. The first-order valence-corrected chi connectivity index (χ1v) is 7.70. The number of H-pyrrole nitrogens is 1. The zero-order chi connectivity index (χ0) is 14.8. The van der Waals surface area contributed by atoms with Crippen molar-refractivity contribution in [2.75, 3.05) is 25.1 Å². The van der Waals surface area contributed by atoms with Crippen LogP contribution in [-0.4, -0.2) is 46.1 Å². The minimum Gasteiger partial charge on any atom is -0.341 e. The summed E-state index contributed by atoms with van der Waals surface area (Å²) in [6.45, 7) is 1.13. The second-order valence-electron chi connectivity index (χ2n) is 4.82. The number of thioether (sulfide) groups is 1. The maximum atomic E-state index is 12.5. The topological polar surface area (TPSA) is 49.0 Å². The van der Waals surface area contributed by atoms with E-state index >= 15 is 0 Å². The van der Waals surface area contributed by atoms with E-state index in [-0.39, 0.29) is 11.8 Å². The largest absolute Gasteiger partial charge is 0.435 e. The van der Waals surface area contributed by atoms with Crippen molar-refractivity contribution < 1.29 is 18.0 Å². The zero-order valence-corrected chi connectivity index (χ0v) is 11.9. The van der Waals surface area contributed by atoms with Crippen LogP contribution in [0.3, 0.4) is 0 Å². The maximum absolute atomic E-state index is 12.5. The summed E-state index contributed by atoms with van der Waals surface area (Å²) in [5.74, 6) is 0.347. The fraction of sp³-hybridized carbons (Fsp3) is 0.667. The molecule has 2 rings (SSSR count). The monoisotopic (exact) mass is 307 g/mol. The van der Waals surface area contributed by atoms with E-state index in [0.29, 0.717) is 24.5 Å². The second kappa shape index (κ2) is 6.07. The Labute approximate surface area is 119 Å². The SMILES string of the molecule is CSCC(=O)N1CCCC(c2cc(C(F)(F)F)n[nH]2)C1. The number of halogens is 3. The molecule has 0 spiro atoms. The lowest BCUT2D eigenvalue weighted by molar-refractivity contribution is -0.141. The van der Waals surface area contributed by atoms with Gasteiger partial charge in [-0.3, -0.25) is 9.89 Å². The Morgan fingerprint density at radius 3 is 2.95 bits per heavy atom. The van der Waals surface area contributed by atoms with Crippen molar-refractivity contribution in [2.24, 2.45) is 0 Å². The number of amides is 1. The van der Waals surface area contributed by atoms with Gasteiger partial charge in [-0.1, -0.05) is 0 Å². The molecule has 2 heterocycles. The van der Waals surface area contributed by atoms with Crippen molar-refractivity contribution in [3.63, 3.8) is 0 Å². The quantitative estimate of drug-likeness (QED) is 0.933. The molecule has 1 amide bonds. The average Bonchev–Trinajstić information content (AvgIpc) is 2.89. The molecule has 0 saturated carbocycles. The molecule has 1 N–H and O–H groups in total. The molecule has 4 nitrogen and oxygen atoms in total. The van der Waals surface area contributed by atoms with Gasteiger partial charge < -0.3 is 4.90 Å². The molecule has 0 bridgehead atoms. The van der Waals surface area contributed by atoms with Crippen LogP contribution in [0.25, 0.3) is 0 Å². The molecule has 1 unspecified atom stereocenters. The minimum atomic E-state index is -4.43. The normalized spacial score (nSPS) is 20.2. The van der Waals surface area contributed by atoms with Gasteiger partial charge in [0.25, 0.3) is 0 Å². The average molecular weight is 307 g/mol.